The molecular formula is C33H41F2N3O7. The third kappa shape index (κ3) is 6.09. The minimum Gasteiger partial charge on any atom is -0.497 e. The van der Waals surface area contributed by atoms with Gasteiger partial charge in [-0.25, -0.2) is 9.97 Å². The van der Waals surface area contributed by atoms with Crippen molar-refractivity contribution in [2.24, 2.45) is 35.0 Å². The number of ether oxygens (including phenoxy) is 4. The van der Waals surface area contributed by atoms with Crippen LogP contribution in [0.3, 0.4) is 0 Å². The number of hydrogen-bond acceptors (Lipinski definition) is 9. The van der Waals surface area contributed by atoms with Crippen molar-refractivity contribution in [2.75, 3.05) is 26.9 Å². The summed E-state index contributed by atoms with van der Waals surface area (Å²) in [6.45, 7) is 6.40. The number of fused-ring (bicyclic) bond motifs is 7. The molecule has 2 bridgehead atoms. The fourth-order valence-corrected chi connectivity index (χ4v) is 7.36. The first kappa shape index (κ1) is 31.6. The molecule has 1 amide bonds. The number of carbonyl (C=O) groups excluding carboxylic acids is 3. The summed E-state index contributed by atoms with van der Waals surface area (Å²) in [5.41, 5.74) is -0.792. The molecule has 0 radical (unpaired) electrons. The van der Waals surface area contributed by atoms with Gasteiger partial charge in [0, 0.05) is 24.5 Å². The third-order valence-corrected chi connectivity index (χ3v) is 10.1. The van der Waals surface area contributed by atoms with E-state index in [2.05, 4.69) is 9.97 Å². The molecule has 3 heterocycles. The number of esters is 1. The molecule has 2 aliphatic heterocycles. The van der Waals surface area contributed by atoms with Gasteiger partial charge >= 0.3 is 11.9 Å². The van der Waals surface area contributed by atoms with Crippen molar-refractivity contribution in [1.82, 2.24) is 14.9 Å². The Morgan fingerprint density at radius 1 is 1.07 bits per heavy atom. The number of methoxy groups -OCH3 is 1. The average Bonchev–Trinajstić information content (AvgIpc) is 3.56. The van der Waals surface area contributed by atoms with E-state index in [0.29, 0.717) is 30.3 Å². The molecule has 2 unspecified atom stereocenters. The van der Waals surface area contributed by atoms with Crippen LogP contribution in [0.25, 0.3) is 11.0 Å². The van der Waals surface area contributed by atoms with Crippen molar-refractivity contribution in [2.45, 2.75) is 77.6 Å². The summed E-state index contributed by atoms with van der Waals surface area (Å²) in [5.74, 6) is -4.85. The summed E-state index contributed by atoms with van der Waals surface area (Å²) in [4.78, 5) is 49.9. The molecule has 6 rings (SSSR count). The van der Waals surface area contributed by atoms with E-state index in [-0.39, 0.29) is 48.5 Å². The maximum absolute atomic E-state index is 15.9. The number of benzene rings is 1. The molecule has 3 fully saturated rings. The van der Waals surface area contributed by atoms with Crippen molar-refractivity contribution < 1.29 is 42.1 Å². The molecule has 1 aromatic heterocycles. The lowest BCUT2D eigenvalue weighted by Crippen LogP contribution is -2.46. The summed E-state index contributed by atoms with van der Waals surface area (Å²) in [6.07, 6.45) is 1.56. The number of amides is 1. The highest BCUT2D eigenvalue weighted by Crippen LogP contribution is 2.57. The number of hydrogen-bond donors (Lipinski definition) is 0. The van der Waals surface area contributed by atoms with Crippen LogP contribution in [0.4, 0.5) is 8.78 Å². The van der Waals surface area contributed by atoms with Crippen molar-refractivity contribution in [1.29, 1.82) is 0 Å². The van der Waals surface area contributed by atoms with Gasteiger partial charge in [0.1, 0.15) is 30.9 Å². The number of aromatic nitrogens is 2. The normalized spacial score (nSPS) is 33.6. The van der Waals surface area contributed by atoms with Crippen LogP contribution < -0.4 is 9.47 Å². The first-order valence-electron chi connectivity index (χ1n) is 15.7. The van der Waals surface area contributed by atoms with Crippen molar-refractivity contribution in [3.05, 3.63) is 23.9 Å². The van der Waals surface area contributed by atoms with Crippen LogP contribution in [0.5, 0.6) is 11.6 Å². The van der Waals surface area contributed by atoms with E-state index in [1.54, 1.807) is 25.1 Å². The van der Waals surface area contributed by atoms with Crippen LogP contribution in [0.2, 0.25) is 0 Å². The predicted octanol–water partition coefficient (Wildman–Crippen LogP) is 4.56. The van der Waals surface area contributed by atoms with E-state index in [1.165, 1.54) is 12.0 Å². The summed E-state index contributed by atoms with van der Waals surface area (Å²) in [7, 11) is 1.48. The highest BCUT2D eigenvalue weighted by atomic mass is 19.3. The molecule has 2 aliphatic carbocycles. The van der Waals surface area contributed by atoms with Gasteiger partial charge in [0.2, 0.25) is 11.8 Å². The standard InChI is InChI=1S/C33H41F2N3O7/c1-17-25(15-39)38-14-27(17)45-30-29(36-23-7-6-19(42-5)12-24(23)37-30)33(34,35)16-43-9-8-20-21-10-18(21)11-26(20)44-28(40)13-22(31(38)41)32(2,3)4/h6-7,12,15,17-18,20-22,25-27H,8-11,13-14,16H2,1-5H3/t17-,18?,20+,21?,22+,25+,26+,27-/m0/s1. The van der Waals surface area contributed by atoms with Gasteiger partial charge in [-0.05, 0) is 48.6 Å². The maximum Gasteiger partial charge on any atom is 0.317 e. The smallest absolute Gasteiger partial charge is 0.317 e. The van der Waals surface area contributed by atoms with E-state index in [4.69, 9.17) is 18.9 Å². The molecule has 2 aromatic rings. The van der Waals surface area contributed by atoms with Crippen LogP contribution in [0.1, 0.15) is 59.1 Å². The molecule has 8 atom stereocenters. The second-order valence-corrected chi connectivity index (χ2v) is 14.1. The highest BCUT2D eigenvalue weighted by Gasteiger charge is 2.55. The quantitative estimate of drug-likeness (QED) is 0.348. The van der Waals surface area contributed by atoms with E-state index < -0.39 is 59.5 Å². The van der Waals surface area contributed by atoms with Gasteiger partial charge < -0.3 is 28.6 Å². The minimum absolute atomic E-state index is 0.00390. The first-order chi connectivity index (χ1) is 21.3. The monoisotopic (exact) mass is 629 g/mol. The summed E-state index contributed by atoms with van der Waals surface area (Å²) < 4.78 is 54.8. The zero-order valence-corrected chi connectivity index (χ0v) is 26.3. The second kappa shape index (κ2) is 11.7. The molecule has 4 aliphatic rings. The summed E-state index contributed by atoms with van der Waals surface area (Å²) >= 11 is 0. The number of carbonyl (C=O) groups is 3. The Kier molecular flexibility index (Phi) is 8.24. The van der Waals surface area contributed by atoms with Crippen LogP contribution in [-0.4, -0.2) is 78.1 Å². The van der Waals surface area contributed by atoms with Gasteiger partial charge in [-0.2, -0.15) is 8.78 Å². The van der Waals surface area contributed by atoms with Gasteiger partial charge in [0.25, 0.3) is 0 Å². The van der Waals surface area contributed by atoms with E-state index in [9.17, 15) is 14.4 Å². The van der Waals surface area contributed by atoms with Crippen LogP contribution in [0, 0.1) is 35.0 Å². The molecule has 1 aromatic carbocycles. The second-order valence-electron chi connectivity index (χ2n) is 14.1. The number of nitrogens with zero attached hydrogens (tertiary/aromatic N) is 3. The molecule has 2 saturated carbocycles. The van der Waals surface area contributed by atoms with Crippen LogP contribution in [0.15, 0.2) is 18.2 Å². The lowest BCUT2D eigenvalue weighted by Gasteiger charge is -2.34. The molecule has 12 heteroatoms. The lowest BCUT2D eigenvalue weighted by atomic mass is 9.77. The first-order valence-corrected chi connectivity index (χ1v) is 15.7. The largest absolute Gasteiger partial charge is 0.497 e. The van der Waals surface area contributed by atoms with Gasteiger partial charge in [-0.1, -0.05) is 27.7 Å². The number of aldehydes is 1. The molecular weight excluding hydrogens is 588 g/mol. The van der Waals surface area contributed by atoms with Gasteiger partial charge in [-0.3, -0.25) is 9.59 Å². The molecule has 1 saturated heterocycles. The Balaban J connectivity index is 1.39. The Hall–Kier alpha value is -3.41. The van der Waals surface area contributed by atoms with Crippen molar-refractivity contribution >= 4 is 29.2 Å². The fraction of sp³-hybridized carbons (Fsp3) is 0.667. The van der Waals surface area contributed by atoms with Crippen LogP contribution in [-0.2, 0) is 29.8 Å². The van der Waals surface area contributed by atoms with Gasteiger partial charge in [0.05, 0.1) is 43.1 Å². The summed E-state index contributed by atoms with van der Waals surface area (Å²) in [6, 6.07) is 3.84. The minimum atomic E-state index is -3.57. The molecule has 244 valence electrons. The average molecular weight is 630 g/mol. The Morgan fingerprint density at radius 2 is 1.84 bits per heavy atom. The Morgan fingerprint density at radius 3 is 2.56 bits per heavy atom. The van der Waals surface area contributed by atoms with Gasteiger partial charge in [0.15, 0.2) is 5.69 Å². The van der Waals surface area contributed by atoms with E-state index >= 15 is 8.78 Å². The topological polar surface area (TPSA) is 117 Å². The maximum atomic E-state index is 15.9. The Bertz CT molecular complexity index is 1480. The van der Waals surface area contributed by atoms with E-state index in [0.717, 1.165) is 12.8 Å². The van der Waals surface area contributed by atoms with Gasteiger partial charge in [-0.15, -0.1) is 0 Å². The lowest BCUT2D eigenvalue weighted by molar-refractivity contribution is -0.158. The zero-order valence-electron chi connectivity index (χ0n) is 26.3. The SMILES string of the molecule is COc1ccc2nc3c(nc2c1)O[C@H]1CN(C(=O)[C@H](C(C)(C)C)CC(=O)O[C@@H]2CC4CC4[C@H]2CCOCC3(F)F)[C@H](C=O)[C@@H]1C. The fourth-order valence-electron chi connectivity index (χ4n) is 7.36. The zero-order chi connectivity index (χ0) is 32.3. The number of alkyl halides is 2. The highest BCUT2D eigenvalue weighted by molar-refractivity contribution is 5.87. The van der Waals surface area contributed by atoms with E-state index in [1.807, 2.05) is 20.8 Å². The third-order valence-electron chi connectivity index (χ3n) is 10.1. The molecule has 10 nitrogen and oxygen atoms in total. The molecule has 45 heavy (non-hydrogen) atoms. The van der Waals surface area contributed by atoms with Crippen molar-refractivity contribution in [3.63, 3.8) is 0 Å². The summed E-state index contributed by atoms with van der Waals surface area (Å²) in [5, 5.41) is 0. The molecule has 0 spiro atoms. The number of halogens is 2. The predicted molar refractivity (Wildman–Crippen MR) is 158 cm³/mol. The molecule has 0 N–H and O–H groups in total. The number of rotatable bonds is 2. The Labute approximate surface area is 261 Å². The van der Waals surface area contributed by atoms with Crippen LogP contribution >= 0.6 is 0 Å². The van der Waals surface area contributed by atoms with Crippen molar-refractivity contribution in [3.8, 4) is 11.6 Å².